The zero-order valence-electron chi connectivity index (χ0n) is 10.3. The molecular formula is C13H12N4OS. The zero-order valence-corrected chi connectivity index (χ0v) is 11.1. The summed E-state index contributed by atoms with van der Waals surface area (Å²) in [6.07, 6.45) is 1.48. The van der Waals surface area contributed by atoms with Crippen LogP contribution in [0.25, 0.3) is 11.2 Å². The summed E-state index contributed by atoms with van der Waals surface area (Å²) in [5.41, 5.74) is 2.64. The van der Waals surface area contributed by atoms with Crippen LogP contribution < -0.4 is 4.74 Å². The number of hydrogen-bond acceptors (Lipinski definition) is 4. The van der Waals surface area contributed by atoms with Crippen LogP contribution in [-0.4, -0.2) is 26.6 Å². The molecule has 19 heavy (non-hydrogen) atoms. The van der Waals surface area contributed by atoms with Crippen LogP contribution in [0.4, 0.5) is 0 Å². The number of H-pyrrole nitrogens is 1. The lowest BCUT2D eigenvalue weighted by Gasteiger charge is -2.04. The molecule has 0 saturated heterocycles. The van der Waals surface area contributed by atoms with Gasteiger partial charge in [0.25, 0.3) is 0 Å². The molecule has 0 unspecified atom stereocenters. The molecule has 0 atom stereocenters. The molecule has 96 valence electrons. The Morgan fingerprint density at radius 2 is 2.05 bits per heavy atom. The van der Waals surface area contributed by atoms with Gasteiger partial charge in [0.2, 0.25) is 5.88 Å². The first-order valence-electron chi connectivity index (χ1n) is 5.81. The van der Waals surface area contributed by atoms with Crippen molar-refractivity contribution in [1.82, 2.24) is 19.5 Å². The molecule has 0 spiro atoms. The van der Waals surface area contributed by atoms with Crippen LogP contribution >= 0.6 is 12.2 Å². The van der Waals surface area contributed by atoms with Gasteiger partial charge in [0.05, 0.1) is 13.7 Å². The van der Waals surface area contributed by atoms with Crippen LogP contribution in [0.2, 0.25) is 0 Å². The number of benzene rings is 1. The summed E-state index contributed by atoms with van der Waals surface area (Å²) in [7, 11) is 1.58. The third kappa shape index (κ3) is 2.10. The maximum absolute atomic E-state index is 5.34. The summed E-state index contributed by atoms with van der Waals surface area (Å²) < 4.78 is 7.75. The van der Waals surface area contributed by atoms with Gasteiger partial charge >= 0.3 is 0 Å². The van der Waals surface area contributed by atoms with E-state index in [2.05, 4.69) is 27.1 Å². The van der Waals surface area contributed by atoms with E-state index in [4.69, 9.17) is 17.0 Å². The van der Waals surface area contributed by atoms with Crippen molar-refractivity contribution in [3.8, 4) is 5.88 Å². The maximum Gasteiger partial charge on any atom is 0.242 e. The summed E-state index contributed by atoms with van der Waals surface area (Å²) >= 11 is 5.34. The predicted octanol–water partition coefficient (Wildman–Crippen LogP) is 2.55. The highest BCUT2D eigenvalue weighted by atomic mass is 32.1. The van der Waals surface area contributed by atoms with Gasteiger partial charge in [-0.05, 0) is 17.8 Å². The molecule has 0 saturated carbocycles. The van der Waals surface area contributed by atoms with Gasteiger partial charge in [-0.2, -0.15) is 4.98 Å². The van der Waals surface area contributed by atoms with Crippen LogP contribution in [0.15, 0.2) is 36.7 Å². The molecule has 3 aromatic rings. The zero-order chi connectivity index (χ0) is 13.2. The number of methoxy groups -OCH3 is 1. The van der Waals surface area contributed by atoms with E-state index in [1.807, 2.05) is 22.8 Å². The molecule has 2 aromatic heterocycles. The fraction of sp³-hybridized carbons (Fsp3) is 0.154. The molecule has 0 aliphatic heterocycles. The van der Waals surface area contributed by atoms with Gasteiger partial charge in [0, 0.05) is 0 Å². The number of aromatic nitrogens is 4. The van der Waals surface area contributed by atoms with Crippen LogP contribution in [0.1, 0.15) is 5.56 Å². The van der Waals surface area contributed by atoms with Gasteiger partial charge in [-0.1, -0.05) is 30.3 Å². The molecule has 0 fully saturated rings. The fourth-order valence-corrected chi connectivity index (χ4v) is 2.27. The molecule has 0 amide bonds. The molecular weight excluding hydrogens is 260 g/mol. The van der Waals surface area contributed by atoms with E-state index in [0.29, 0.717) is 17.2 Å². The highest BCUT2D eigenvalue weighted by Crippen LogP contribution is 2.20. The van der Waals surface area contributed by atoms with Crippen LogP contribution in [0.5, 0.6) is 5.88 Å². The average Bonchev–Trinajstić information content (AvgIpc) is 2.76. The lowest BCUT2D eigenvalue weighted by atomic mass is 10.2. The minimum absolute atomic E-state index is 0.503. The fourth-order valence-electron chi connectivity index (χ4n) is 2.01. The number of nitrogens with one attached hydrogen (secondary N) is 1. The van der Waals surface area contributed by atoms with E-state index in [1.165, 1.54) is 6.33 Å². The van der Waals surface area contributed by atoms with Crippen molar-refractivity contribution in [2.45, 2.75) is 6.54 Å². The SMILES string of the molecule is COc1ncnc2c1[nH]c(=S)n2Cc1ccccc1. The minimum atomic E-state index is 0.503. The summed E-state index contributed by atoms with van der Waals surface area (Å²) in [6, 6.07) is 10.1. The van der Waals surface area contributed by atoms with Crippen molar-refractivity contribution >= 4 is 23.4 Å². The Kier molecular flexibility index (Phi) is 3.00. The van der Waals surface area contributed by atoms with Crippen molar-refractivity contribution < 1.29 is 4.74 Å². The standard InChI is InChI=1S/C13H12N4OS/c1-18-12-10-11(14-8-15-12)17(13(19)16-10)7-9-5-3-2-4-6-9/h2-6,8H,7H2,1H3,(H,16,19). The lowest BCUT2D eigenvalue weighted by Crippen LogP contribution is -2.01. The van der Waals surface area contributed by atoms with Crippen molar-refractivity contribution in [1.29, 1.82) is 0 Å². The van der Waals surface area contributed by atoms with Crippen LogP contribution in [0, 0.1) is 4.77 Å². The largest absolute Gasteiger partial charge is 0.479 e. The van der Waals surface area contributed by atoms with Gasteiger partial charge in [0.1, 0.15) is 11.8 Å². The minimum Gasteiger partial charge on any atom is -0.479 e. The van der Waals surface area contributed by atoms with E-state index < -0.39 is 0 Å². The molecule has 0 radical (unpaired) electrons. The molecule has 1 aromatic carbocycles. The molecule has 3 rings (SSSR count). The summed E-state index contributed by atoms with van der Waals surface area (Å²) in [5, 5.41) is 0. The molecule has 5 nitrogen and oxygen atoms in total. The van der Waals surface area contributed by atoms with Gasteiger partial charge in [-0.3, -0.25) is 4.57 Å². The number of rotatable bonds is 3. The quantitative estimate of drug-likeness (QED) is 0.744. The molecule has 0 aliphatic rings. The van der Waals surface area contributed by atoms with Crippen molar-refractivity contribution in [2.75, 3.05) is 7.11 Å². The smallest absolute Gasteiger partial charge is 0.242 e. The Morgan fingerprint density at radius 3 is 2.79 bits per heavy atom. The molecule has 0 bridgehead atoms. The number of nitrogens with zero attached hydrogens (tertiary/aromatic N) is 3. The Balaban J connectivity index is 2.14. The first kappa shape index (κ1) is 11.9. The summed E-state index contributed by atoms with van der Waals surface area (Å²) in [6.45, 7) is 0.667. The number of hydrogen-bond donors (Lipinski definition) is 1. The van der Waals surface area contributed by atoms with Crippen molar-refractivity contribution in [3.05, 3.63) is 47.0 Å². The van der Waals surface area contributed by atoms with Crippen LogP contribution in [0.3, 0.4) is 0 Å². The summed E-state index contributed by atoms with van der Waals surface area (Å²) in [4.78, 5) is 11.4. The third-order valence-corrected chi connectivity index (χ3v) is 3.22. The van der Waals surface area contributed by atoms with Gasteiger partial charge in [-0.15, -0.1) is 0 Å². The average molecular weight is 272 g/mol. The Labute approximate surface area is 114 Å². The Morgan fingerprint density at radius 1 is 1.26 bits per heavy atom. The Hall–Kier alpha value is -2.21. The third-order valence-electron chi connectivity index (χ3n) is 2.90. The molecule has 0 aliphatic carbocycles. The maximum atomic E-state index is 5.34. The van der Waals surface area contributed by atoms with Gasteiger partial charge in [-0.25, -0.2) is 4.98 Å². The number of ether oxygens (including phenoxy) is 1. The van der Waals surface area contributed by atoms with Crippen molar-refractivity contribution in [3.63, 3.8) is 0 Å². The number of imidazole rings is 1. The second kappa shape index (κ2) is 4.81. The second-order valence-electron chi connectivity index (χ2n) is 4.08. The highest BCUT2D eigenvalue weighted by molar-refractivity contribution is 7.71. The lowest BCUT2D eigenvalue weighted by molar-refractivity contribution is 0.401. The predicted molar refractivity (Wildman–Crippen MR) is 74.8 cm³/mol. The first-order valence-corrected chi connectivity index (χ1v) is 6.22. The molecule has 1 N–H and O–H groups in total. The highest BCUT2D eigenvalue weighted by Gasteiger charge is 2.11. The monoisotopic (exact) mass is 272 g/mol. The van der Waals surface area contributed by atoms with Gasteiger partial charge < -0.3 is 9.72 Å². The number of fused-ring (bicyclic) bond motifs is 1. The van der Waals surface area contributed by atoms with E-state index in [9.17, 15) is 0 Å². The van der Waals surface area contributed by atoms with Crippen LogP contribution in [-0.2, 0) is 6.54 Å². The van der Waals surface area contributed by atoms with Gasteiger partial charge in [0.15, 0.2) is 10.4 Å². The van der Waals surface area contributed by atoms with Crippen molar-refractivity contribution in [2.24, 2.45) is 0 Å². The first-order chi connectivity index (χ1) is 9.29. The second-order valence-corrected chi connectivity index (χ2v) is 4.47. The topological polar surface area (TPSA) is 55.7 Å². The van der Waals surface area contributed by atoms with E-state index >= 15 is 0 Å². The van der Waals surface area contributed by atoms with E-state index in [1.54, 1.807) is 7.11 Å². The molecule has 2 heterocycles. The molecule has 6 heteroatoms. The summed E-state index contributed by atoms with van der Waals surface area (Å²) in [5.74, 6) is 0.503. The van der Waals surface area contributed by atoms with E-state index in [0.717, 1.165) is 16.7 Å². The Bertz CT molecular complexity index is 763. The van der Waals surface area contributed by atoms with E-state index in [-0.39, 0.29) is 0 Å². The normalized spacial score (nSPS) is 10.8. The number of aromatic amines is 1.